The highest BCUT2D eigenvalue weighted by atomic mass is 35.5. The van der Waals surface area contributed by atoms with E-state index in [1.54, 1.807) is 13.1 Å². The highest BCUT2D eigenvalue weighted by Gasteiger charge is 2.25. The Morgan fingerprint density at radius 3 is 2.68 bits per heavy atom. The van der Waals surface area contributed by atoms with Crippen LogP contribution in [0.25, 0.3) is 0 Å². The van der Waals surface area contributed by atoms with Crippen molar-refractivity contribution in [1.82, 2.24) is 5.32 Å². The number of carbonyl (C=O) groups excluding carboxylic acids is 1. The van der Waals surface area contributed by atoms with Gasteiger partial charge in [0.2, 0.25) is 0 Å². The van der Waals surface area contributed by atoms with E-state index in [4.69, 9.17) is 23.2 Å². The zero-order valence-corrected chi connectivity index (χ0v) is 14.6. The third-order valence-corrected chi connectivity index (χ3v) is 5.86. The Kier molecular flexibility index (Phi) is 5.71. The summed E-state index contributed by atoms with van der Waals surface area (Å²) in [5.41, 5.74) is 0. The van der Waals surface area contributed by atoms with E-state index in [1.807, 2.05) is 0 Å². The minimum atomic E-state index is -3.52. The second-order valence-electron chi connectivity index (χ2n) is 5.62. The molecular formula is C14H19Cl2N2O3S+. The van der Waals surface area contributed by atoms with Gasteiger partial charge in [-0.25, -0.2) is 8.42 Å². The molecule has 122 valence electrons. The van der Waals surface area contributed by atoms with E-state index in [-0.39, 0.29) is 28.1 Å². The van der Waals surface area contributed by atoms with Crippen molar-refractivity contribution >= 4 is 38.9 Å². The van der Waals surface area contributed by atoms with Crippen LogP contribution in [0, 0.1) is 0 Å². The summed E-state index contributed by atoms with van der Waals surface area (Å²) < 4.78 is 24.7. The third-order valence-electron chi connectivity index (χ3n) is 3.43. The number of benzene rings is 1. The molecule has 8 heteroatoms. The van der Waals surface area contributed by atoms with Gasteiger partial charge in [-0.2, -0.15) is 0 Å². The molecule has 5 nitrogen and oxygen atoms in total. The van der Waals surface area contributed by atoms with Crippen LogP contribution in [0.2, 0.25) is 10.0 Å². The van der Waals surface area contributed by atoms with Gasteiger partial charge in [-0.3, -0.25) is 4.79 Å². The van der Waals surface area contributed by atoms with E-state index in [0.717, 1.165) is 17.7 Å². The first-order chi connectivity index (χ1) is 10.3. The van der Waals surface area contributed by atoms with Crippen LogP contribution in [0.3, 0.4) is 0 Å². The molecular weight excluding hydrogens is 347 g/mol. The maximum Gasteiger partial charge on any atom is 0.275 e. The molecule has 22 heavy (non-hydrogen) atoms. The predicted octanol–water partition coefficient (Wildman–Crippen LogP) is 0.560. The number of nitrogens with one attached hydrogen (secondary N) is 2. The number of likely N-dealkylation sites (N-methyl/N-ethyl adjacent to an activating group) is 1. The molecule has 1 fully saturated rings. The van der Waals surface area contributed by atoms with Crippen molar-refractivity contribution in [2.24, 2.45) is 0 Å². The summed E-state index contributed by atoms with van der Waals surface area (Å²) in [5.74, 6) is -0.131. The summed E-state index contributed by atoms with van der Waals surface area (Å²) >= 11 is 11.8. The number of hydrogen-bond acceptors (Lipinski definition) is 3. The molecule has 1 aliphatic carbocycles. The fraction of sp³-hybridized carbons (Fsp3) is 0.500. The van der Waals surface area contributed by atoms with Gasteiger partial charge in [-0.15, -0.1) is 0 Å². The van der Waals surface area contributed by atoms with Gasteiger partial charge in [0.1, 0.15) is 5.75 Å². The topological polar surface area (TPSA) is 67.7 Å². The lowest BCUT2D eigenvalue weighted by atomic mass is 10.4. The molecule has 1 saturated carbocycles. The molecule has 0 spiro atoms. The van der Waals surface area contributed by atoms with E-state index in [0.29, 0.717) is 17.6 Å². The molecule has 1 amide bonds. The quantitative estimate of drug-likeness (QED) is 0.741. The molecule has 2 N–H and O–H groups in total. The average molecular weight is 366 g/mol. The van der Waals surface area contributed by atoms with Gasteiger partial charge in [0, 0.05) is 11.1 Å². The number of carbonyl (C=O) groups is 1. The smallest absolute Gasteiger partial charge is 0.275 e. The van der Waals surface area contributed by atoms with Crippen LogP contribution in [0.1, 0.15) is 12.8 Å². The Bertz CT molecular complexity index is 660. The molecule has 0 radical (unpaired) electrons. The van der Waals surface area contributed by atoms with Gasteiger partial charge in [0.25, 0.3) is 5.91 Å². The normalized spacial score (nSPS) is 16.3. The largest absolute Gasteiger partial charge is 0.348 e. The van der Waals surface area contributed by atoms with E-state index in [9.17, 15) is 13.2 Å². The number of hydrogen-bond donors (Lipinski definition) is 2. The summed E-state index contributed by atoms with van der Waals surface area (Å²) in [5, 5.41) is 3.37. The van der Waals surface area contributed by atoms with E-state index < -0.39 is 9.84 Å². The summed E-state index contributed by atoms with van der Waals surface area (Å²) in [4.78, 5) is 12.5. The van der Waals surface area contributed by atoms with Crippen molar-refractivity contribution in [3.05, 3.63) is 28.2 Å². The second-order valence-corrected chi connectivity index (χ2v) is 8.54. The summed E-state index contributed by atoms with van der Waals surface area (Å²) in [6, 6.07) is 4.68. The van der Waals surface area contributed by atoms with Gasteiger partial charge in [-0.1, -0.05) is 23.2 Å². The molecule has 0 bridgehead atoms. The van der Waals surface area contributed by atoms with Crippen molar-refractivity contribution in [2.75, 3.05) is 25.9 Å². The minimum absolute atomic E-state index is 0.0388. The highest BCUT2D eigenvalue weighted by molar-refractivity contribution is 7.91. The van der Waals surface area contributed by atoms with E-state index in [2.05, 4.69) is 5.32 Å². The molecule has 1 unspecified atom stereocenters. The van der Waals surface area contributed by atoms with Crippen molar-refractivity contribution in [3.8, 4) is 0 Å². The van der Waals surface area contributed by atoms with E-state index >= 15 is 0 Å². The van der Waals surface area contributed by atoms with Crippen molar-refractivity contribution < 1.29 is 18.1 Å². The Balaban J connectivity index is 1.91. The van der Waals surface area contributed by atoms with Crippen LogP contribution in [-0.2, 0) is 14.6 Å². The molecule has 1 aromatic rings. The van der Waals surface area contributed by atoms with Gasteiger partial charge in [-0.05, 0) is 31.0 Å². The lowest BCUT2D eigenvalue weighted by Gasteiger charge is -2.14. The molecule has 0 aromatic heterocycles. The van der Waals surface area contributed by atoms with Crippen molar-refractivity contribution in [3.63, 3.8) is 0 Å². The van der Waals surface area contributed by atoms with Gasteiger partial charge in [0.05, 0.1) is 23.5 Å². The van der Waals surface area contributed by atoms with Gasteiger partial charge >= 0.3 is 0 Å². The minimum Gasteiger partial charge on any atom is -0.348 e. The van der Waals surface area contributed by atoms with Crippen LogP contribution in [0.4, 0.5) is 0 Å². The summed E-state index contributed by atoms with van der Waals surface area (Å²) in [7, 11) is -1.73. The molecule has 1 aromatic carbocycles. The second kappa shape index (κ2) is 7.17. The summed E-state index contributed by atoms with van der Waals surface area (Å²) in [6.45, 7) is 0.582. The average Bonchev–Trinajstić information content (AvgIpc) is 3.23. The highest BCUT2D eigenvalue weighted by Crippen LogP contribution is 2.25. The van der Waals surface area contributed by atoms with E-state index in [1.165, 1.54) is 12.1 Å². The molecule has 1 atom stereocenters. The van der Waals surface area contributed by atoms with Crippen molar-refractivity contribution in [1.29, 1.82) is 0 Å². The maximum atomic E-state index is 12.3. The Labute approximate surface area is 140 Å². The van der Waals surface area contributed by atoms with Crippen molar-refractivity contribution in [2.45, 2.75) is 23.8 Å². The fourth-order valence-corrected chi connectivity index (χ4v) is 4.22. The monoisotopic (exact) mass is 365 g/mol. The Hall–Kier alpha value is -0.820. The van der Waals surface area contributed by atoms with Crippen LogP contribution >= 0.6 is 23.2 Å². The zero-order chi connectivity index (χ0) is 16.3. The molecule has 2 rings (SSSR count). The molecule has 0 aliphatic heterocycles. The number of halogens is 2. The predicted molar refractivity (Wildman–Crippen MR) is 86.3 cm³/mol. The lowest BCUT2D eigenvalue weighted by molar-refractivity contribution is -0.868. The number of sulfone groups is 1. The summed E-state index contributed by atoms with van der Waals surface area (Å²) in [6.07, 6.45) is 2.07. The molecule has 0 saturated heterocycles. The Morgan fingerprint density at radius 1 is 1.36 bits per heavy atom. The van der Waals surface area contributed by atoms with Crippen LogP contribution in [0.15, 0.2) is 23.1 Å². The standard InChI is InChI=1S/C14H18Cl2N2O3S/c1-18(9-14(19)17-11-3-4-11)6-7-22(20,21)13-8-10(15)2-5-12(13)16/h2,5,8,11H,3-4,6-7,9H2,1H3,(H,17,19)/p+1. The van der Waals surface area contributed by atoms with Crippen LogP contribution < -0.4 is 10.2 Å². The fourth-order valence-electron chi connectivity index (χ4n) is 2.00. The van der Waals surface area contributed by atoms with Gasteiger partial charge in [0.15, 0.2) is 16.4 Å². The first-order valence-corrected chi connectivity index (χ1v) is 9.47. The Morgan fingerprint density at radius 2 is 2.05 bits per heavy atom. The number of quaternary nitrogens is 1. The molecule has 0 heterocycles. The zero-order valence-electron chi connectivity index (χ0n) is 12.2. The van der Waals surface area contributed by atoms with Gasteiger partial charge < -0.3 is 10.2 Å². The SMILES string of the molecule is C[NH+](CCS(=O)(=O)c1cc(Cl)ccc1Cl)CC(=O)NC1CC1. The first kappa shape index (κ1) is 17.5. The third kappa shape index (κ3) is 5.12. The van der Waals surface area contributed by atoms with Crippen LogP contribution in [0.5, 0.6) is 0 Å². The number of rotatable bonds is 7. The lowest BCUT2D eigenvalue weighted by Crippen LogP contribution is -3.10. The first-order valence-electron chi connectivity index (χ1n) is 7.06. The molecule has 1 aliphatic rings. The number of amides is 1. The maximum absolute atomic E-state index is 12.3. The van der Waals surface area contributed by atoms with Crippen LogP contribution in [-0.4, -0.2) is 46.3 Å².